The Morgan fingerprint density at radius 2 is 2.21 bits per heavy atom. The molecule has 0 fully saturated rings. The van der Waals surface area contributed by atoms with Crippen molar-refractivity contribution in [1.82, 2.24) is 0 Å². The molecule has 5 nitrogen and oxygen atoms in total. The van der Waals surface area contributed by atoms with E-state index in [4.69, 9.17) is 10.00 Å². The summed E-state index contributed by atoms with van der Waals surface area (Å²) in [5.74, 6) is -0.633. The standard InChI is InChI=1S/C13H15FN2O3/c1-13(2,9-15)6-3-7-19-12-5-4-10(14)8-11(12)16(17)18/h4-5,8H,3,6-7H2,1-2H3. The summed E-state index contributed by atoms with van der Waals surface area (Å²) in [6, 6.07) is 5.34. The van der Waals surface area contributed by atoms with Gasteiger partial charge in [-0.15, -0.1) is 0 Å². The van der Waals surface area contributed by atoms with E-state index in [0.29, 0.717) is 12.8 Å². The molecule has 0 aliphatic carbocycles. The molecule has 19 heavy (non-hydrogen) atoms. The number of nitro groups is 1. The van der Waals surface area contributed by atoms with Gasteiger partial charge in [0.15, 0.2) is 5.75 Å². The van der Waals surface area contributed by atoms with Crippen molar-refractivity contribution in [1.29, 1.82) is 5.26 Å². The molecule has 0 saturated carbocycles. The lowest BCUT2D eigenvalue weighted by Gasteiger charge is -2.14. The SMILES string of the molecule is CC(C)(C#N)CCCOc1ccc(F)cc1[N+](=O)[O-]. The van der Waals surface area contributed by atoms with Crippen molar-refractivity contribution < 1.29 is 14.1 Å². The van der Waals surface area contributed by atoms with Gasteiger partial charge in [-0.25, -0.2) is 4.39 Å². The Morgan fingerprint density at radius 1 is 1.53 bits per heavy atom. The summed E-state index contributed by atoms with van der Waals surface area (Å²) in [6.45, 7) is 3.87. The lowest BCUT2D eigenvalue weighted by molar-refractivity contribution is -0.386. The second kappa shape index (κ2) is 6.14. The van der Waals surface area contributed by atoms with Gasteiger partial charge >= 0.3 is 5.69 Å². The van der Waals surface area contributed by atoms with Gasteiger partial charge in [-0.05, 0) is 38.8 Å². The number of nitrogens with zero attached hydrogens (tertiary/aromatic N) is 2. The van der Waals surface area contributed by atoms with E-state index in [9.17, 15) is 14.5 Å². The summed E-state index contributed by atoms with van der Waals surface area (Å²) in [7, 11) is 0. The van der Waals surface area contributed by atoms with Crippen LogP contribution in [0.25, 0.3) is 0 Å². The first-order valence-electron chi connectivity index (χ1n) is 5.84. The molecular formula is C13H15FN2O3. The maximum Gasteiger partial charge on any atom is 0.313 e. The normalized spacial score (nSPS) is 10.8. The predicted octanol–water partition coefficient (Wildman–Crippen LogP) is 3.44. The highest BCUT2D eigenvalue weighted by atomic mass is 19.1. The maximum absolute atomic E-state index is 12.9. The van der Waals surface area contributed by atoms with Crippen molar-refractivity contribution in [3.05, 3.63) is 34.1 Å². The topological polar surface area (TPSA) is 76.2 Å². The molecule has 0 aliphatic heterocycles. The Hall–Kier alpha value is -2.16. The minimum atomic E-state index is -0.683. The van der Waals surface area contributed by atoms with Crippen LogP contribution in [0.15, 0.2) is 18.2 Å². The Morgan fingerprint density at radius 3 is 2.79 bits per heavy atom. The third-order valence-electron chi connectivity index (χ3n) is 2.62. The molecule has 0 radical (unpaired) electrons. The third kappa shape index (κ3) is 4.54. The molecular weight excluding hydrogens is 251 g/mol. The number of benzene rings is 1. The summed E-state index contributed by atoms with van der Waals surface area (Å²) in [6.07, 6.45) is 1.22. The van der Waals surface area contributed by atoms with E-state index in [1.165, 1.54) is 6.07 Å². The van der Waals surface area contributed by atoms with E-state index in [0.717, 1.165) is 12.1 Å². The predicted molar refractivity (Wildman–Crippen MR) is 67.2 cm³/mol. The highest BCUT2D eigenvalue weighted by Crippen LogP contribution is 2.28. The number of nitriles is 1. The molecule has 0 atom stereocenters. The molecule has 1 rings (SSSR count). The zero-order chi connectivity index (χ0) is 14.5. The molecule has 0 N–H and O–H groups in total. The fraction of sp³-hybridized carbons (Fsp3) is 0.462. The van der Waals surface area contributed by atoms with E-state index in [1.807, 2.05) is 13.8 Å². The lowest BCUT2D eigenvalue weighted by atomic mass is 9.90. The molecule has 0 saturated heterocycles. The highest BCUT2D eigenvalue weighted by Gasteiger charge is 2.18. The van der Waals surface area contributed by atoms with Gasteiger partial charge < -0.3 is 4.74 Å². The first-order valence-corrected chi connectivity index (χ1v) is 5.84. The molecule has 1 aromatic carbocycles. The van der Waals surface area contributed by atoms with Gasteiger partial charge in [-0.2, -0.15) is 5.26 Å². The molecule has 0 aromatic heterocycles. The summed E-state index contributed by atoms with van der Waals surface area (Å²) >= 11 is 0. The van der Waals surface area contributed by atoms with E-state index in [1.54, 1.807) is 0 Å². The molecule has 0 spiro atoms. The minimum Gasteiger partial charge on any atom is -0.487 e. The smallest absolute Gasteiger partial charge is 0.313 e. The molecule has 0 heterocycles. The largest absolute Gasteiger partial charge is 0.487 e. The molecule has 1 aromatic rings. The van der Waals surface area contributed by atoms with Crippen LogP contribution in [0.3, 0.4) is 0 Å². The van der Waals surface area contributed by atoms with E-state index >= 15 is 0 Å². The second-order valence-corrected chi connectivity index (χ2v) is 4.82. The molecule has 0 amide bonds. The van der Waals surface area contributed by atoms with Crippen LogP contribution in [0.5, 0.6) is 5.75 Å². The molecule has 0 bridgehead atoms. The number of halogens is 1. The maximum atomic E-state index is 12.9. The molecule has 0 aliphatic rings. The highest BCUT2D eigenvalue weighted by molar-refractivity contribution is 5.46. The Labute approximate surface area is 110 Å². The van der Waals surface area contributed by atoms with Gasteiger partial charge in [0.1, 0.15) is 5.82 Å². The van der Waals surface area contributed by atoms with E-state index in [2.05, 4.69) is 6.07 Å². The first kappa shape index (κ1) is 14.9. The third-order valence-corrected chi connectivity index (χ3v) is 2.62. The van der Waals surface area contributed by atoms with Crippen LogP contribution in [0.2, 0.25) is 0 Å². The Bertz CT molecular complexity index is 509. The second-order valence-electron chi connectivity index (χ2n) is 4.82. The number of hydrogen-bond donors (Lipinski definition) is 0. The van der Waals surface area contributed by atoms with Crippen molar-refractivity contribution in [2.75, 3.05) is 6.61 Å². The summed E-state index contributed by atoms with van der Waals surface area (Å²) in [5, 5.41) is 19.6. The average molecular weight is 266 g/mol. The zero-order valence-electron chi connectivity index (χ0n) is 10.9. The Kier molecular flexibility index (Phi) is 4.81. The van der Waals surface area contributed by atoms with Gasteiger partial charge in [0.2, 0.25) is 0 Å². The van der Waals surface area contributed by atoms with Crippen LogP contribution in [0.1, 0.15) is 26.7 Å². The van der Waals surface area contributed by atoms with Crippen LogP contribution < -0.4 is 4.74 Å². The summed E-state index contributed by atoms with van der Waals surface area (Å²) in [4.78, 5) is 10.0. The van der Waals surface area contributed by atoms with Gasteiger partial charge in [0.05, 0.1) is 29.1 Å². The van der Waals surface area contributed by atoms with Crippen LogP contribution in [-0.2, 0) is 0 Å². The Balaban J connectivity index is 2.59. The van der Waals surface area contributed by atoms with Crippen LogP contribution in [0, 0.1) is 32.7 Å². The van der Waals surface area contributed by atoms with E-state index < -0.39 is 16.2 Å². The number of hydrogen-bond acceptors (Lipinski definition) is 4. The van der Waals surface area contributed by atoms with Gasteiger partial charge in [0.25, 0.3) is 0 Å². The number of ether oxygens (including phenoxy) is 1. The monoisotopic (exact) mass is 266 g/mol. The fourth-order valence-corrected chi connectivity index (χ4v) is 1.51. The van der Waals surface area contributed by atoms with Crippen molar-refractivity contribution >= 4 is 5.69 Å². The summed E-state index contributed by atoms with van der Waals surface area (Å²) < 4.78 is 18.2. The fourth-order valence-electron chi connectivity index (χ4n) is 1.51. The number of rotatable bonds is 6. The van der Waals surface area contributed by atoms with Gasteiger partial charge in [-0.3, -0.25) is 10.1 Å². The quantitative estimate of drug-likeness (QED) is 0.449. The lowest BCUT2D eigenvalue weighted by Crippen LogP contribution is -2.10. The van der Waals surface area contributed by atoms with Crippen LogP contribution in [0.4, 0.5) is 10.1 Å². The van der Waals surface area contributed by atoms with Crippen LogP contribution in [-0.4, -0.2) is 11.5 Å². The van der Waals surface area contributed by atoms with Crippen LogP contribution >= 0.6 is 0 Å². The number of nitro benzene ring substituents is 1. The van der Waals surface area contributed by atoms with E-state index in [-0.39, 0.29) is 18.0 Å². The van der Waals surface area contributed by atoms with Gasteiger partial charge in [0, 0.05) is 0 Å². The van der Waals surface area contributed by atoms with Gasteiger partial charge in [-0.1, -0.05) is 0 Å². The average Bonchev–Trinajstić information content (AvgIpc) is 2.36. The molecule has 102 valence electrons. The minimum absolute atomic E-state index is 0.0427. The first-order chi connectivity index (χ1) is 8.85. The molecule has 6 heteroatoms. The van der Waals surface area contributed by atoms with Crippen molar-refractivity contribution in [2.24, 2.45) is 5.41 Å². The van der Waals surface area contributed by atoms with Crippen molar-refractivity contribution in [3.63, 3.8) is 0 Å². The van der Waals surface area contributed by atoms with Crippen molar-refractivity contribution in [3.8, 4) is 11.8 Å². The zero-order valence-corrected chi connectivity index (χ0v) is 10.9. The van der Waals surface area contributed by atoms with Crippen molar-refractivity contribution in [2.45, 2.75) is 26.7 Å². The summed E-state index contributed by atoms with van der Waals surface area (Å²) in [5.41, 5.74) is -0.836. The molecule has 0 unspecified atom stereocenters.